The minimum Gasteiger partial charge on any atom is -0.354 e. The van der Waals surface area contributed by atoms with E-state index in [0.29, 0.717) is 27.5 Å². The van der Waals surface area contributed by atoms with Crippen LogP contribution in [0.1, 0.15) is 15.9 Å². The third-order valence-corrected chi connectivity index (χ3v) is 3.66. The molecule has 0 saturated heterocycles. The molecule has 0 bridgehead atoms. The van der Waals surface area contributed by atoms with Crippen LogP contribution in [-0.2, 0) is 0 Å². The SMILES string of the molecule is N#Cc1ccc(NC(=O)c2cncc(Nc3ccc(Cl)cc3)c2)cc1. The number of benzene rings is 2. The first-order valence-corrected chi connectivity index (χ1v) is 7.81. The first-order chi connectivity index (χ1) is 12.1. The van der Waals surface area contributed by atoms with E-state index in [2.05, 4.69) is 15.6 Å². The van der Waals surface area contributed by atoms with E-state index >= 15 is 0 Å². The highest BCUT2D eigenvalue weighted by atomic mass is 35.5. The van der Waals surface area contributed by atoms with Gasteiger partial charge in [-0.05, 0) is 54.6 Å². The zero-order valence-electron chi connectivity index (χ0n) is 13.0. The molecule has 0 radical (unpaired) electrons. The van der Waals surface area contributed by atoms with Crippen molar-refractivity contribution >= 4 is 34.6 Å². The molecule has 0 spiro atoms. The van der Waals surface area contributed by atoms with Crippen molar-refractivity contribution < 1.29 is 4.79 Å². The second kappa shape index (κ2) is 7.47. The van der Waals surface area contributed by atoms with Gasteiger partial charge in [0.1, 0.15) is 0 Å². The van der Waals surface area contributed by atoms with Crippen molar-refractivity contribution in [3.63, 3.8) is 0 Å². The number of amides is 1. The van der Waals surface area contributed by atoms with E-state index in [1.54, 1.807) is 48.7 Å². The molecule has 1 aromatic heterocycles. The number of nitriles is 1. The smallest absolute Gasteiger partial charge is 0.257 e. The number of pyridine rings is 1. The second-order valence-corrected chi connectivity index (χ2v) is 5.67. The highest BCUT2D eigenvalue weighted by Gasteiger charge is 2.08. The van der Waals surface area contributed by atoms with Gasteiger partial charge in [0.15, 0.2) is 0 Å². The van der Waals surface area contributed by atoms with Crippen molar-refractivity contribution in [3.05, 3.63) is 83.1 Å². The number of carbonyl (C=O) groups excluding carboxylic acids is 1. The van der Waals surface area contributed by atoms with Crippen LogP contribution >= 0.6 is 11.6 Å². The lowest BCUT2D eigenvalue weighted by Crippen LogP contribution is -2.12. The number of aromatic nitrogens is 1. The fraction of sp³-hybridized carbons (Fsp3) is 0. The summed E-state index contributed by atoms with van der Waals surface area (Å²) in [5.41, 5.74) is 3.10. The molecule has 0 aliphatic carbocycles. The number of hydrogen-bond donors (Lipinski definition) is 2. The molecule has 5 nitrogen and oxygen atoms in total. The van der Waals surface area contributed by atoms with E-state index in [0.717, 1.165) is 5.69 Å². The fourth-order valence-electron chi connectivity index (χ4n) is 2.16. The van der Waals surface area contributed by atoms with Crippen LogP contribution in [0.2, 0.25) is 5.02 Å². The average Bonchev–Trinajstić information content (AvgIpc) is 2.64. The van der Waals surface area contributed by atoms with Crippen LogP contribution in [0, 0.1) is 11.3 Å². The van der Waals surface area contributed by atoms with Gasteiger partial charge < -0.3 is 10.6 Å². The van der Waals surface area contributed by atoms with Crippen LogP contribution in [0.15, 0.2) is 67.0 Å². The van der Waals surface area contributed by atoms with Crippen LogP contribution in [0.5, 0.6) is 0 Å². The Morgan fingerprint density at radius 3 is 2.32 bits per heavy atom. The molecule has 6 heteroatoms. The van der Waals surface area contributed by atoms with E-state index in [1.807, 2.05) is 18.2 Å². The predicted molar refractivity (Wildman–Crippen MR) is 98.1 cm³/mol. The first kappa shape index (κ1) is 16.5. The van der Waals surface area contributed by atoms with Gasteiger partial charge in [-0.25, -0.2) is 0 Å². The maximum atomic E-state index is 12.4. The Bertz CT molecular complexity index is 931. The zero-order chi connectivity index (χ0) is 17.6. The van der Waals surface area contributed by atoms with E-state index < -0.39 is 0 Å². The summed E-state index contributed by atoms with van der Waals surface area (Å²) in [6.45, 7) is 0. The monoisotopic (exact) mass is 348 g/mol. The Kier molecular flexibility index (Phi) is 4.93. The third kappa shape index (κ3) is 4.34. The molecule has 0 saturated carbocycles. The minimum absolute atomic E-state index is 0.281. The topological polar surface area (TPSA) is 77.8 Å². The molecule has 3 aromatic rings. The van der Waals surface area contributed by atoms with Crippen LogP contribution in [-0.4, -0.2) is 10.9 Å². The Balaban J connectivity index is 1.72. The minimum atomic E-state index is -0.281. The molecule has 122 valence electrons. The van der Waals surface area contributed by atoms with Gasteiger partial charge in [0.2, 0.25) is 0 Å². The van der Waals surface area contributed by atoms with E-state index in [1.165, 1.54) is 6.20 Å². The van der Waals surface area contributed by atoms with Gasteiger partial charge in [-0.2, -0.15) is 5.26 Å². The Morgan fingerprint density at radius 2 is 1.64 bits per heavy atom. The number of hydrogen-bond acceptors (Lipinski definition) is 4. The van der Waals surface area contributed by atoms with Gasteiger partial charge >= 0.3 is 0 Å². The molecule has 2 N–H and O–H groups in total. The number of halogens is 1. The largest absolute Gasteiger partial charge is 0.354 e. The van der Waals surface area contributed by atoms with Crippen molar-refractivity contribution in [2.24, 2.45) is 0 Å². The average molecular weight is 349 g/mol. The summed E-state index contributed by atoms with van der Waals surface area (Å²) >= 11 is 5.87. The fourth-order valence-corrected chi connectivity index (χ4v) is 2.29. The zero-order valence-corrected chi connectivity index (χ0v) is 13.8. The summed E-state index contributed by atoms with van der Waals surface area (Å²) in [5, 5.41) is 15.4. The van der Waals surface area contributed by atoms with Crippen LogP contribution < -0.4 is 10.6 Å². The normalized spacial score (nSPS) is 9.92. The van der Waals surface area contributed by atoms with Gasteiger partial charge in [0.05, 0.1) is 29.1 Å². The first-order valence-electron chi connectivity index (χ1n) is 7.43. The molecule has 25 heavy (non-hydrogen) atoms. The van der Waals surface area contributed by atoms with Crippen LogP contribution in [0.3, 0.4) is 0 Å². The molecule has 0 atom stereocenters. The molecule has 3 rings (SSSR count). The summed E-state index contributed by atoms with van der Waals surface area (Å²) in [6.07, 6.45) is 3.12. The van der Waals surface area contributed by atoms with Gasteiger partial charge in [0, 0.05) is 22.6 Å². The van der Waals surface area contributed by atoms with Gasteiger partial charge in [-0.1, -0.05) is 11.6 Å². The highest BCUT2D eigenvalue weighted by molar-refractivity contribution is 6.30. The molecular formula is C19H13ClN4O. The summed E-state index contributed by atoms with van der Waals surface area (Å²) in [5.74, 6) is -0.281. The van der Waals surface area contributed by atoms with Gasteiger partial charge in [-0.15, -0.1) is 0 Å². The van der Waals surface area contributed by atoms with Crippen LogP contribution in [0.25, 0.3) is 0 Å². The maximum absolute atomic E-state index is 12.4. The number of nitrogens with one attached hydrogen (secondary N) is 2. The van der Waals surface area contributed by atoms with Crippen LogP contribution in [0.4, 0.5) is 17.1 Å². The lowest BCUT2D eigenvalue weighted by atomic mass is 10.2. The second-order valence-electron chi connectivity index (χ2n) is 5.24. The summed E-state index contributed by atoms with van der Waals surface area (Å²) in [4.78, 5) is 16.5. The summed E-state index contributed by atoms with van der Waals surface area (Å²) in [7, 11) is 0. The number of rotatable bonds is 4. The molecule has 0 aliphatic rings. The van der Waals surface area contributed by atoms with Crippen molar-refractivity contribution in [1.82, 2.24) is 4.98 Å². The molecule has 0 unspecified atom stereocenters. The van der Waals surface area contributed by atoms with Crippen molar-refractivity contribution in [1.29, 1.82) is 5.26 Å². The van der Waals surface area contributed by atoms with Gasteiger partial charge in [-0.3, -0.25) is 9.78 Å². The van der Waals surface area contributed by atoms with E-state index in [9.17, 15) is 4.79 Å². The molecule has 1 amide bonds. The Labute approximate surface area is 149 Å². The van der Waals surface area contributed by atoms with E-state index in [-0.39, 0.29) is 5.91 Å². The summed E-state index contributed by atoms with van der Waals surface area (Å²) in [6, 6.07) is 17.6. The Hall–Kier alpha value is -3.36. The van der Waals surface area contributed by atoms with Gasteiger partial charge in [0.25, 0.3) is 5.91 Å². The third-order valence-electron chi connectivity index (χ3n) is 3.41. The molecule has 0 fully saturated rings. The molecule has 0 aliphatic heterocycles. The van der Waals surface area contributed by atoms with Crippen molar-refractivity contribution in [2.45, 2.75) is 0 Å². The Morgan fingerprint density at radius 1 is 0.960 bits per heavy atom. The van der Waals surface area contributed by atoms with Crippen molar-refractivity contribution in [3.8, 4) is 6.07 Å². The molecule has 1 heterocycles. The lowest BCUT2D eigenvalue weighted by Gasteiger charge is -2.09. The van der Waals surface area contributed by atoms with E-state index in [4.69, 9.17) is 16.9 Å². The number of carbonyl (C=O) groups is 1. The number of nitrogens with zero attached hydrogens (tertiary/aromatic N) is 2. The standard InChI is InChI=1S/C19H13ClN4O/c20-15-3-7-16(8-4-15)23-18-9-14(11-22-12-18)19(25)24-17-5-1-13(10-21)2-6-17/h1-9,11-12,23H,(H,24,25). The molecular weight excluding hydrogens is 336 g/mol. The lowest BCUT2D eigenvalue weighted by molar-refractivity contribution is 0.102. The van der Waals surface area contributed by atoms with Crippen molar-refractivity contribution in [2.75, 3.05) is 10.6 Å². The molecule has 2 aromatic carbocycles. The predicted octanol–water partition coefficient (Wildman–Crippen LogP) is 4.60. The maximum Gasteiger partial charge on any atom is 0.257 e. The highest BCUT2D eigenvalue weighted by Crippen LogP contribution is 2.19. The quantitative estimate of drug-likeness (QED) is 0.722. The summed E-state index contributed by atoms with van der Waals surface area (Å²) < 4.78 is 0. The number of anilines is 3.